The van der Waals surface area contributed by atoms with Gasteiger partial charge in [0.25, 0.3) is 0 Å². The van der Waals surface area contributed by atoms with E-state index < -0.39 is 0 Å². The molecule has 5 nitrogen and oxygen atoms in total. The predicted molar refractivity (Wildman–Crippen MR) is 199 cm³/mol. The minimum Gasteiger partial charge on any atom is -0.455 e. The van der Waals surface area contributed by atoms with Gasteiger partial charge in [0.05, 0.1) is 51.0 Å². The number of nitriles is 1. The molecular weight excluding hydrogens is 601 g/mol. The molecule has 0 N–H and O–H groups in total. The number of furan rings is 1. The highest BCUT2D eigenvalue weighted by atomic mass is 16.3. The lowest BCUT2D eigenvalue weighted by Gasteiger charge is -2.15. The first-order valence-corrected chi connectivity index (χ1v) is 16.1. The maximum absolute atomic E-state index is 10.4. The molecule has 0 amide bonds. The van der Waals surface area contributed by atoms with Crippen molar-refractivity contribution in [3.8, 4) is 28.6 Å². The summed E-state index contributed by atoms with van der Waals surface area (Å²) in [7, 11) is 0. The fourth-order valence-electron chi connectivity index (χ4n) is 7.64. The van der Waals surface area contributed by atoms with Crippen molar-refractivity contribution in [3.05, 3.63) is 163 Å². The smallest absolute Gasteiger partial charge is 0.210 e. The fourth-order valence-corrected chi connectivity index (χ4v) is 7.64. The molecule has 226 valence electrons. The van der Waals surface area contributed by atoms with Crippen LogP contribution in [-0.4, -0.2) is 9.13 Å². The molecule has 0 unspecified atom stereocenters. The molecular formula is C44H24N4O. The Hall–Kier alpha value is -7.08. The SMILES string of the molecule is [C-]#[N+]c1ccc(-c2ccc(C#N)c(-n3c4ccccc4c4c5oc6ccccc6c5ccc43)c2)cc1-n1c2ccccc2c2ccccc21. The molecule has 5 heteroatoms. The van der Waals surface area contributed by atoms with E-state index in [2.05, 4.69) is 98.9 Å². The molecule has 0 fully saturated rings. The van der Waals surface area contributed by atoms with Gasteiger partial charge in [-0.3, -0.25) is 0 Å². The van der Waals surface area contributed by atoms with Crippen LogP contribution in [0.15, 0.2) is 150 Å². The highest BCUT2D eigenvalue weighted by Crippen LogP contribution is 2.42. The molecule has 0 aliphatic rings. The normalized spacial score (nSPS) is 11.6. The quantitative estimate of drug-likeness (QED) is 0.184. The van der Waals surface area contributed by atoms with Crippen LogP contribution in [-0.2, 0) is 0 Å². The highest BCUT2D eigenvalue weighted by Gasteiger charge is 2.21. The van der Waals surface area contributed by atoms with Crippen LogP contribution in [0.25, 0.3) is 92.9 Å². The van der Waals surface area contributed by atoms with Crippen LogP contribution in [0.4, 0.5) is 5.69 Å². The molecule has 0 bridgehead atoms. The number of hydrogen-bond donors (Lipinski definition) is 0. The van der Waals surface area contributed by atoms with Gasteiger partial charge in [0.1, 0.15) is 17.2 Å². The summed E-state index contributed by atoms with van der Waals surface area (Å²) in [6.45, 7) is 8.07. The van der Waals surface area contributed by atoms with Crippen LogP contribution in [0.2, 0.25) is 0 Å². The molecule has 0 radical (unpaired) electrons. The van der Waals surface area contributed by atoms with Gasteiger partial charge in [0.15, 0.2) is 0 Å². The van der Waals surface area contributed by atoms with E-state index in [1.54, 1.807) is 0 Å². The van der Waals surface area contributed by atoms with Crippen LogP contribution in [0, 0.1) is 17.9 Å². The third-order valence-electron chi connectivity index (χ3n) is 9.79. The molecule has 0 saturated carbocycles. The third-order valence-corrected chi connectivity index (χ3v) is 9.79. The standard InChI is InChI=1S/C44H24N4O/c1-46-35-22-20-28(25-41(35)47-36-14-6-2-10-30(36)31-11-3-7-15-37(31)47)27-18-19-29(26-45)40(24-27)48-38-16-8-4-13-34(38)43-39(48)23-21-33-32-12-5-9-17-42(32)49-44(33)43/h2-25H. The zero-order chi connectivity index (χ0) is 32.6. The topological polar surface area (TPSA) is 51.1 Å². The first-order chi connectivity index (χ1) is 24.2. The summed E-state index contributed by atoms with van der Waals surface area (Å²) in [5, 5.41) is 16.9. The van der Waals surface area contributed by atoms with Gasteiger partial charge in [0.2, 0.25) is 5.69 Å². The van der Waals surface area contributed by atoms with Gasteiger partial charge in [-0.1, -0.05) is 91.0 Å². The van der Waals surface area contributed by atoms with E-state index in [9.17, 15) is 5.26 Å². The molecule has 3 aromatic heterocycles. The molecule has 0 aliphatic heterocycles. The molecule has 0 aliphatic carbocycles. The molecule has 10 rings (SSSR count). The van der Waals surface area contributed by atoms with E-state index >= 15 is 0 Å². The zero-order valence-corrected chi connectivity index (χ0v) is 26.1. The van der Waals surface area contributed by atoms with E-state index in [1.165, 1.54) is 0 Å². The Morgan fingerprint density at radius 1 is 0.531 bits per heavy atom. The van der Waals surface area contributed by atoms with Gasteiger partial charge < -0.3 is 13.6 Å². The number of nitrogens with zero attached hydrogens (tertiary/aromatic N) is 4. The number of fused-ring (bicyclic) bond motifs is 10. The van der Waals surface area contributed by atoms with Crippen molar-refractivity contribution in [1.29, 1.82) is 5.26 Å². The van der Waals surface area contributed by atoms with Crippen molar-refractivity contribution in [2.45, 2.75) is 0 Å². The minimum atomic E-state index is 0.566. The summed E-state index contributed by atoms with van der Waals surface area (Å²) in [5.74, 6) is 0. The summed E-state index contributed by atoms with van der Waals surface area (Å²) in [6, 6.07) is 51.8. The Balaban J connectivity index is 1.23. The lowest BCUT2D eigenvalue weighted by molar-refractivity contribution is 0.673. The first kappa shape index (κ1) is 27.1. The summed E-state index contributed by atoms with van der Waals surface area (Å²) in [6.07, 6.45) is 0. The van der Waals surface area contributed by atoms with Gasteiger partial charge in [-0.2, -0.15) is 5.26 Å². The van der Waals surface area contributed by atoms with Crippen molar-refractivity contribution >= 4 is 71.2 Å². The first-order valence-electron chi connectivity index (χ1n) is 16.1. The van der Waals surface area contributed by atoms with Crippen molar-refractivity contribution in [3.63, 3.8) is 0 Å². The van der Waals surface area contributed by atoms with E-state index in [1.807, 2.05) is 66.7 Å². The Morgan fingerprint density at radius 3 is 1.80 bits per heavy atom. The molecule has 0 spiro atoms. The molecule has 10 aromatic rings. The van der Waals surface area contributed by atoms with E-state index in [-0.39, 0.29) is 0 Å². The van der Waals surface area contributed by atoms with Crippen LogP contribution in [0.5, 0.6) is 0 Å². The number of aromatic nitrogens is 2. The fraction of sp³-hybridized carbons (Fsp3) is 0. The van der Waals surface area contributed by atoms with E-state index in [0.29, 0.717) is 11.3 Å². The summed E-state index contributed by atoms with van der Waals surface area (Å²) >= 11 is 0. The van der Waals surface area contributed by atoms with Gasteiger partial charge in [0, 0.05) is 26.9 Å². The Morgan fingerprint density at radius 2 is 1.10 bits per heavy atom. The van der Waals surface area contributed by atoms with Gasteiger partial charge in [-0.25, -0.2) is 4.85 Å². The van der Waals surface area contributed by atoms with Crippen molar-refractivity contribution in [2.75, 3.05) is 0 Å². The van der Waals surface area contributed by atoms with Crippen molar-refractivity contribution in [1.82, 2.24) is 9.13 Å². The maximum atomic E-state index is 10.4. The summed E-state index contributed by atoms with van der Waals surface area (Å²) in [5.41, 5.74) is 10.4. The van der Waals surface area contributed by atoms with Gasteiger partial charge in [-0.05, 0) is 65.7 Å². The molecule has 49 heavy (non-hydrogen) atoms. The average Bonchev–Trinajstić information content (AvgIpc) is 3.82. The van der Waals surface area contributed by atoms with E-state index in [4.69, 9.17) is 11.0 Å². The van der Waals surface area contributed by atoms with Crippen LogP contribution >= 0.6 is 0 Å². The Kier molecular flexibility index (Phi) is 5.64. The van der Waals surface area contributed by atoms with Crippen LogP contribution in [0.1, 0.15) is 5.56 Å². The third kappa shape index (κ3) is 3.79. The lowest BCUT2D eigenvalue weighted by atomic mass is 10.0. The van der Waals surface area contributed by atoms with Gasteiger partial charge in [-0.15, -0.1) is 0 Å². The van der Waals surface area contributed by atoms with Crippen LogP contribution in [0.3, 0.4) is 0 Å². The molecule has 3 heterocycles. The monoisotopic (exact) mass is 624 g/mol. The predicted octanol–water partition coefficient (Wildman–Crippen LogP) is 11.9. The Bertz CT molecular complexity index is 3030. The van der Waals surface area contributed by atoms with Crippen molar-refractivity contribution < 1.29 is 4.42 Å². The second-order valence-corrected chi connectivity index (χ2v) is 12.3. The number of rotatable bonds is 3. The molecule has 0 atom stereocenters. The highest BCUT2D eigenvalue weighted by molar-refractivity contribution is 6.24. The largest absolute Gasteiger partial charge is 0.455 e. The second kappa shape index (κ2) is 10.2. The Labute approximate surface area is 280 Å². The minimum absolute atomic E-state index is 0.566. The van der Waals surface area contributed by atoms with Crippen LogP contribution < -0.4 is 0 Å². The number of hydrogen-bond acceptors (Lipinski definition) is 2. The number of para-hydroxylation sites is 4. The van der Waals surface area contributed by atoms with E-state index in [0.717, 1.165) is 88.1 Å². The molecule has 0 saturated heterocycles. The zero-order valence-electron chi connectivity index (χ0n) is 26.1. The number of benzene rings is 7. The summed E-state index contributed by atoms with van der Waals surface area (Å²) < 4.78 is 10.9. The van der Waals surface area contributed by atoms with Gasteiger partial charge >= 0.3 is 0 Å². The second-order valence-electron chi connectivity index (χ2n) is 12.3. The maximum Gasteiger partial charge on any atom is 0.210 e. The average molecular weight is 625 g/mol. The lowest BCUT2D eigenvalue weighted by Crippen LogP contribution is -1.99. The summed E-state index contributed by atoms with van der Waals surface area (Å²) in [4.78, 5) is 3.94. The molecule has 7 aromatic carbocycles. The van der Waals surface area contributed by atoms with Crippen molar-refractivity contribution in [2.24, 2.45) is 0 Å².